The third-order valence-corrected chi connectivity index (χ3v) is 7.01. The fraction of sp³-hybridized carbons (Fsp3) is 0.409. The summed E-state index contributed by atoms with van der Waals surface area (Å²) < 4.78 is 67.9. The number of hydrogen-bond donors (Lipinski definition) is 1. The van der Waals surface area contributed by atoms with Crippen LogP contribution in [0.25, 0.3) is 0 Å². The minimum absolute atomic E-state index is 0.00527. The van der Waals surface area contributed by atoms with Crippen LogP contribution >= 0.6 is 0 Å². The number of piperidine rings is 1. The smallest absolute Gasteiger partial charge is 0.422 e. The Morgan fingerprint density at radius 2 is 1.70 bits per heavy atom. The van der Waals surface area contributed by atoms with Gasteiger partial charge < -0.3 is 15.0 Å². The highest BCUT2D eigenvalue weighted by atomic mass is 32.2. The van der Waals surface area contributed by atoms with Gasteiger partial charge in [-0.05, 0) is 61.7 Å². The van der Waals surface area contributed by atoms with Gasteiger partial charge in [0, 0.05) is 38.6 Å². The number of sulfonamides is 1. The minimum Gasteiger partial charge on any atom is -0.484 e. The molecule has 0 bridgehead atoms. The molecule has 180 valence electrons. The van der Waals surface area contributed by atoms with Crippen LogP contribution < -0.4 is 15.0 Å². The van der Waals surface area contributed by atoms with Gasteiger partial charge in [0.15, 0.2) is 6.61 Å². The number of rotatable bonds is 7. The first-order valence-corrected chi connectivity index (χ1v) is 11.8. The number of carbonyl (C=O) groups excluding carboxylic acids is 1. The molecular weight excluding hydrogens is 459 g/mol. The van der Waals surface area contributed by atoms with E-state index in [0.717, 1.165) is 36.7 Å². The molecule has 1 heterocycles. The lowest BCUT2D eigenvalue weighted by molar-refractivity contribution is -0.153. The van der Waals surface area contributed by atoms with Crippen molar-refractivity contribution in [3.8, 4) is 5.75 Å². The minimum atomic E-state index is -4.45. The molecule has 2 aromatic rings. The lowest BCUT2D eigenvalue weighted by Crippen LogP contribution is -2.32. The molecule has 11 heteroatoms. The Bertz CT molecular complexity index is 1080. The van der Waals surface area contributed by atoms with Crippen molar-refractivity contribution in [2.75, 3.05) is 44.0 Å². The van der Waals surface area contributed by atoms with Crippen molar-refractivity contribution in [1.29, 1.82) is 0 Å². The van der Waals surface area contributed by atoms with Gasteiger partial charge in [-0.25, -0.2) is 12.7 Å². The van der Waals surface area contributed by atoms with Crippen molar-refractivity contribution in [2.24, 2.45) is 0 Å². The van der Waals surface area contributed by atoms with Crippen molar-refractivity contribution < 1.29 is 31.1 Å². The molecule has 1 N–H and O–H groups in total. The first kappa shape index (κ1) is 24.8. The van der Waals surface area contributed by atoms with E-state index in [0.29, 0.717) is 11.4 Å². The molecule has 33 heavy (non-hydrogen) atoms. The van der Waals surface area contributed by atoms with E-state index in [1.807, 2.05) is 0 Å². The van der Waals surface area contributed by atoms with E-state index in [2.05, 4.69) is 15.0 Å². The summed E-state index contributed by atoms with van der Waals surface area (Å²) in [6, 6.07) is 9.97. The largest absolute Gasteiger partial charge is 0.484 e. The molecule has 0 unspecified atom stereocenters. The molecule has 3 rings (SSSR count). The number of amides is 1. The molecule has 0 aliphatic carbocycles. The summed E-state index contributed by atoms with van der Waals surface area (Å²) in [5, 5.41) is 2.69. The molecule has 0 saturated carbocycles. The van der Waals surface area contributed by atoms with E-state index >= 15 is 0 Å². The molecule has 1 amide bonds. The van der Waals surface area contributed by atoms with E-state index in [-0.39, 0.29) is 16.2 Å². The molecule has 0 atom stereocenters. The second-order valence-corrected chi connectivity index (χ2v) is 10.0. The van der Waals surface area contributed by atoms with Crippen LogP contribution in [-0.4, -0.2) is 58.6 Å². The van der Waals surface area contributed by atoms with E-state index in [9.17, 15) is 26.4 Å². The summed E-state index contributed by atoms with van der Waals surface area (Å²) in [7, 11) is -0.925. The molecule has 1 aliphatic rings. The molecule has 1 saturated heterocycles. The molecule has 1 fully saturated rings. The van der Waals surface area contributed by atoms with E-state index in [4.69, 9.17) is 0 Å². The predicted molar refractivity (Wildman–Crippen MR) is 119 cm³/mol. The van der Waals surface area contributed by atoms with Crippen LogP contribution in [0.5, 0.6) is 5.75 Å². The average molecular weight is 486 g/mol. The fourth-order valence-electron chi connectivity index (χ4n) is 3.48. The molecule has 1 aliphatic heterocycles. The normalized spacial score (nSPS) is 14.9. The number of nitrogens with zero attached hydrogens (tertiary/aromatic N) is 2. The van der Waals surface area contributed by atoms with Crippen molar-refractivity contribution >= 4 is 27.3 Å². The SMILES string of the molecule is CN(C)S(=O)(=O)c1ccc(N2CCCCC2)c(C(=O)Nc2ccc(OCC(F)(F)F)cc2)c1. The third kappa shape index (κ3) is 6.38. The maximum absolute atomic E-state index is 13.1. The van der Waals surface area contributed by atoms with Gasteiger partial charge in [-0.3, -0.25) is 4.79 Å². The van der Waals surface area contributed by atoms with Crippen LogP contribution in [0.15, 0.2) is 47.4 Å². The topological polar surface area (TPSA) is 79.0 Å². The number of carbonyl (C=O) groups is 1. The Morgan fingerprint density at radius 1 is 1.06 bits per heavy atom. The number of ether oxygens (including phenoxy) is 1. The molecular formula is C22H26F3N3O4S. The standard InChI is InChI=1S/C22H26F3N3O4S/c1-27(2)33(30,31)18-10-11-20(28-12-4-3-5-13-28)19(14-18)21(29)26-16-6-8-17(9-7-16)32-15-22(23,24)25/h6-11,14H,3-5,12-13,15H2,1-2H3,(H,26,29). The summed E-state index contributed by atoms with van der Waals surface area (Å²) in [6.07, 6.45) is -1.42. The molecule has 0 aromatic heterocycles. The second kappa shape index (κ2) is 10.0. The lowest BCUT2D eigenvalue weighted by atomic mass is 10.1. The van der Waals surface area contributed by atoms with E-state index in [1.165, 1.54) is 50.5 Å². The zero-order valence-electron chi connectivity index (χ0n) is 18.4. The van der Waals surface area contributed by atoms with Crippen molar-refractivity contribution in [1.82, 2.24) is 4.31 Å². The lowest BCUT2D eigenvalue weighted by Gasteiger charge is -2.30. The maximum atomic E-state index is 13.1. The Labute approximate surface area is 191 Å². The summed E-state index contributed by atoms with van der Waals surface area (Å²) in [6.45, 7) is 0.0988. The summed E-state index contributed by atoms with van der Waals surface area (Å²) in [4.78, 5) is 15.2. The molecule has 0 spiro atoms. The van der Waals surface area contributed by atoms with Gasteiger partial charge in [0.2, 0.25) is 10.0 Å². The van der Waals surface area contributed by atoms with Gasteiger partial charge in [-0.1, -0.05) is 0 Å². The maximum Gasteiger partial charge on any atom is 0.422 e. The number of anilines is 2. The first-order chi connectivity index (χ1) is 15.5. The molecule has 2 aromatic carbocycles. The number of benzene rings is 2. The van der Waals surface area contributed by atoms with Crippen LogP contribution in [-0.2, 0) is 10.0 Å². The predicted octanol–water partition coefficient (Wildman–Crippen LogP) is 4.12. The second-order valence-electron chi connectivity index (χ2n) is 7.90. The quantitative estimate of drug-likeness (QED) is 0.638. The van der Waals surface area contributed by atoms with Crippen LogP contribution in [0.4, 0.5) is 24.5 Å². The number of hydrogen-bond acceptors (Lipinski definition) is 5. The molecule has 0 radical (unpaired) electrons. The van der Waals surface area contributed by atoms with Crippen LogP contribution in [0.3, 0.4) is 0 Å². The average Bonchev–Trinajstić information content (AvgIpc) is 2.78. The van der Waals surface area contributed by atoms with Gasteiger partial charge in [0.1, 0.15) is 5.75 Å². The summed E-state index contributed by atoms with van der Waals surface area (Å²) in [5.41, 5.74) is 1.18. The van der Waals surface area contributed by atoms with Crippen molar-refractivity contribution in [3.63, 3.8) is 0 Å². The van der Waals surface area contributed by atoms with Crippen molar-refractivity contribution in [2.45, 2.75) is 30.3 Å². The highest BCUT2D eigenvalue weighted by molar-refractivity contribution is 7.89. The zero-order valence-corrected chi connectivity index (χ0v) is 19.2. The molecule has 7 nitrogen and oxygen atoms in total. The van der Waals surface area contributed by atoms with Gasteiger partial charge in [-0.2, -0.15) is 13.2 Å². The summed E-state index contributed by atoms with van der Waals surface area (Å²) in [5.74, 6) is -0.506. The van der Waals surface area contributed by atoms with Gasteiger partial charge >= 0.3 is 6.18 Å². The third-order valence-electron chi connectivity index (χ3n) is 5.20. The monoisotopic (exact) mass is 485 g/mol. The fourth-order valence-corrected chi connectivity index (χ4v) is 4.41. The van der Waals surface area contributed by atoms with Crippen LogP contribution in [0.1, 0.15) is 29.6 Å². The number of nitrogens with one attached hydrogen (secondary N) is 1. The Hall–Kier alpha value is -2.79. The van der Waals surface area contributed by atoms with Crippen molar-refractivity contribution in [3.05, 3.63) is 48.0 Å². The highest BCUT2D eigenvalue weighted by Gasteiger charge is 2.28. The first-order valence-electron chi connectivity index (χ1n) is 10.4. The Balaban J connectivity index is 1.86. The van der Waals surface area contributed by atoms with Gasteiger partial charge in [-0.15, -0.1) is 0 Å². The van der Waals surface area contributed by atoms with Gasteiger partial charge in [0.05, 0.1) is 10.5 Å². The van der Waals surface area contributed by atoms with Crippen LogP contribution in [0, 0.1) is 0 Å². The van der Waals surface area contributed by atoms with E-state index < -0.39 is 28.7 Å². The van der Waals surface area contributed by atoms with Crippen LogP contribution in [0.2, 0.25) is 0 Å². The summed E-state index contributed by atoms with van der Waals surface area (Å²) >= 11 is 0. The highest BCUT2D eigenvalue weighted by Crippen LogP contribution is 2.29. The van der Waals surface area contributed by atoms with Gasteiger partial charge in [0.25, 0.3) is 5.91 Å². The van der Waals surface area contributed by atoms with E-state index in [1.54, 1.807) is 6.07 Å². The Morgan fingerprint density at radius 3 is 2.27 bits per heavy atom. The zero-order chi connectivity index (χ0) is 24.2. The number of alkyl halides is 3. The number of halogens is 3. The Kier molecular flexibility index (Phi) is 7.53.